The number of H-pyrrole nitrogens is 2. The average Bonchev–Trinajstić information content (AvgIpc) is 3.81. The molecule has 0 radical (unpaired) electrons. The van der Waals surface area contributed by atoms with Crippen LogP contribution in [0.5, 0.6) is 0 Å². The maximum absolute atomic E-state index is 13.5. The van der Waals surface area contributed by atoms with E-state index in [2.05, 4.69) is 33.1 Å². The summed E-state index contributed by atoms with van der Waals surface area (Å²) >= 11 is 0. The van der Waals surface area contributed by atoms with Crippen LogP contribution in [0.15, 0.2) is 96.3 Å². The van der Waals surface area contributed by atoms with Crippen LogP contribution in [0.4, 0.5) is 0 Å². The van der Waals surface area contributed by atoms with Crippen molar-refractivity contribution >= 4 is 33.6 Å². The van der Waals surface area contributed by atoms with Crippen LogP contribution in [-0.4, -0.2) is 64.8 Å². The van der Waals surface area contributed by atoms with E-state index in [1.165, 1.54) is 20.3 Å². The minimum atomic E-state index is -0.144. The molecule has 0 saturated carbocycles. The maximum Gasteiger partial charge on any atom is 0.275 e. The van der Waals surface area contributed by atoms with E-state index in [9.17, 15) is 19.2 Å². The molecule has 2 unspecified atom stereocenters. The lowest BCUT2D eigenvalue weighted by Gasteiger charge is -2.33. The molecule has 0 spiro atoms. The van der Waals surface area contributed by atoms with Crippen LogP contribution in [-0.2, 0) is 25.9 Å². The first-order valence-electron chi connectivity index (χ1n) is 19.1. The van der Waals surface area contributed by atoms with E-state index >= 15 is 0 Å². The number of aromatic amines is 2. The number of carbonyl (C=O) groups is 2. The number of aromatic nitrogens is 6. The third-order valence-electron chi connectivity index (χ3n) is 11.2. The molecule has 2 amide bonds. The first-order valence-corrected chi connectivity index (χ1v) is 19.1. The minimum absolute atomic E-state index is 0.0141. The number of allylic oxidation sites excluding steroid dienone is 2. The molecule has 12 heteroatoms. The molecule has 0 aromatic carbocycles. The maximum atomic E-state index is 13.5. The SMILES string of the molecule is C=CCn1cc(C(=O)N(C)C2CCCc3ccncc32)c2cc(C)[nH]c2c1=O.C=CCn1cc(C(=O)N(C)C2CCCc3ccncc32)c2cc(C)[nH]c2c1=O. The molecule has 288 valence electrons. The molecule has 2 N–H and O–H groups in total. The van der Waals surface area contributed by atoms with Crippen molar-refractivity contribution in [2.24, 2.45) is 0 Å². The highest BCUT2D eigenvalue weighted by atomic mass is 16.2. The molecule has 8 rings (SSSR count). The van der Waals surface area contributed by atoms with Crippen molar-refractivity contribution in [1.29, 1.82) is 0 Å². The summed E-state index contributed by atoms with van der Waals surface area (Å²) in [7, 11) is 3.67. The zero-order valence-electron chi connectivity index (χ0n) is 32.5. The van der Waals surface area contributed by atoms with Gasteiger partial charge in [-0.15, -0.1) is 13.2 Å². The molecule has 12 nitrogen and oxygen atoms in total. The van der Waals surface area contributed by atoms with Crippen LogP contribution in [0.1, 0.15) is 92.1 Å². The number of aryl methyl sites for hydroxylation is 4. The fraction of sp³-hybridized carbons (Fsp3) is 0.318. The summed E-state index contributed by atoms with van der Waals surface area (Å²) in [4.78, 5) is 70.7. The van der Waals surface area contributed by atoms with Gasteiger partial charge in [0.05, 0.1) is 23.2 Å². The summed E-state index contributed by atoms with van der Waals surface area (Å²) in [6, 6.07) is 7.79. The Morgan fingerprint density at radius 2 is 1.16 bits per heavy atom. The third kappa shape index (κ3) is 7.02. The number of pyridine rings is 4. The number of carbonyl (C=O) groups excluding carboxylic acids is 2. The van der Waals surface area contributed by atoms with Crippen molar-refractivity contribution in [3.8, 4) is 0 Å². The van der Waals surface area contributed by atoms with Gasteiger partial charge in [0.25, 0.3) is 22.9 Å². The summed E-state index contributed by atoms with van der Waals surface area (Å²) in [6.45, 7) is 11.9. The highest BCUT2D eigenvalue weighted by Gasteiger charge is 2.31. The Labute approximate surface area is 325 Å². The predicted octanol–water partition coefficient (Wildman–Crippen LogP) is 6.74. The first-order chi connectivity index (χ1) is 27.0. The van der Waals surface area contributed by atoms with Crippen molar-refractivity contribution in [2.75, 3.05) is 14.1 Å². The van der Waals surface area contributed by atoms with E-state index in [0.717, 1.165) is 61.0 Å². The summed E-state index contributed by atoms with van der Waals surface area (Å²) in [5.74, 6) is -0.188. The second-order valence-corrected chi connectivity index (χ2v) is 14.9. The fourth-order valence-corrected chi connectivity index (χ4v) is 8.36. The molecule has 6 aromatic heterocycles. The zero-order chi connectivity index (χ0) is 39.7. The molecule has 2 atom stereocenters. The van der Waals surface area contributed by atoms with Crippen LogP contribution in [0.2, 0.25) is 0 Å². The molecule has 0 bridgehead atoms. The Kier molecular flexibility index (Phi) is 10.7. The summed E-state index contributed by atoms with van der Waals surface area (Å²) in [6.07, 6.45) is 19.9. The van der Waals surface area contributed by atoms with Gasteiger partial charge in [-0.25, -0.2) is 0 Å². The van der Waals surface area contributed by atoms with Gasteiger partial charge in [-0.05, 0) is 98.9 Å². The van der Waals surface area contributed by atoms with Gasteiger partial charge in [0.15, 0.2) is 0 Å². The second-order valence-electron chi connectivity index (χ2n) is 14.9. The number of amides is 2. The predicted molar refractivity (Wildman–Crippen MR) is 219 cm³/mol. The first kappa shape index (κ1) is 38.0. The topological polar surface area (TPSA) is 142 Å². The molecule has 0 aliphatic heterocycles. The van der Waals surface area contributed by atoms with Gasteiger partial charge >= 0.3 is 0 Å². The van der Waals surface area contributed by atoms with Gasteiger partial charge in [0.1, 0.15) is 11.0 Å². The molecule has 2 aliphatic carbocycles. The molecule has 2 aliphatic rings. The van der Waals surface area contributed by atoms with E-state index in [1.54, 1.807) is 46.7 Å². The normalized spacial score (nSPS) is 16.0. The van der Waals surface area contributed by atoms with Gasteiger partial charge in [-0.1, -0.05) is 12.2 Å². The average molecular weight is 753 g/mol. The van der Waals surface area contributed by atoms with Crippen molar-refractivity contribution in [1.82, 2.24) is 38.9 Å². The standard InChI is InChI=1S/2C22H24N4O2/c2*1-4-10-26-13-18(16-11-14(2)24-20(16)22(26)28)21(27)25(3)19-7-5-6-15-8-9-23-12-17(15)19/h2*4,8-9,11-13,19,24H,1,5-7,10H2,2-3H3. The highest BCUT2D eigenvalue weighted by Crippen LogP contribution is 2.36. The fourth-order valence-electron chi connectivity index (χ4n) is 8.36. The minimum Gasteiger partial charge on any atom is -0.354 e. The van der Waals surface area contributed by atoms with Crippen LogP contribution in [0, 0.1) is 13.8 Å². The van der Waals surface area contributed by atoms with Crippen LogP contribution in [0.3, 0.4) is 0 Å². The lowest BCUT2D eigenvalue weighted by Crippen LogP contribution is -2.34. The van der Waals surface area contributed by atoms with Gasteiger partial charge in [-0.3, -0.25) is 29.1 Å². The molecule has 6 heterocycles. The molecular formula is C44H48N8O4. The van der Waals surface area contributed by atoms with E-state index in [-0.39, 0.29) is 35.0 Å². The van der Waals surface area contributed by atoms with Crippen molar-refractivity contribution in [2.45, 2.75) is 77.5 Å². The van der Waals surface area contributed by atoms with Gasteiger partial charge < -0.3 is 28.9 Å². The molecule has 0 fully saturated rings. The van der Waals surface area contributed by atoms with Gasteiger partial charge in [-0.2, -0.15) is 0 Å². The molecule has 0 saturated heterocycles. The Hall–Kier alpha value is -6.30. The summed E-state index contributed by atoms with van der Waals surface area (Å²) in [5.41, 5.74) is 8.14. The summed E-state index contributed by atoms with van der Waals surface area (Å²) < 4.78 is 3.06. The smallest absolute Gasteiger partial charge is 0.275 e. The van der Waals surface area contributed by atoms with Crippen LogP contribution >= 0.6 is 0 Å². The summed E-state index contributed by atoms with van der Waals surface area (Å²) in [5, 5.41) is 1.34. The van der Waals surface area contributed by atoms with Crippen molar-refractivity contribution in [3.05, 3.63) is 152 Å². The Bertz CT molecular complexity index is 2430. The van der Waals surface area contributed by atoms with E-state index < -0.39 is 0 Å². The number of rotatable bonds is 8. The quantitative estimate of drug-likeness (QED) is 0.165. The molecular weight excluding hydrogens is 705 g/mol. The molecule has 6 aromatic rings. The largest absolute Gasteiger partial charge is 0.354 e. The number of nitrogens with one attached hydrogen (secondary N) is 2. The lowest BCUT2D eigenvalue weighted by atomic mass is 9.88. The zero-order valence-corrected chi connectivity index (χ0v) is 32.5. The van der Waals surface area contributed by atoms with E-state index in [0.29, 0.717) is 46.0 Å². The highest BCUT2D eigenvalue weighted by molar-refractivity contribution is 6.07. The van der Waals surface area contributed by atoms with E-state index in [1.807, 2.05) is 64.6 Å². The number of hydrogen-bond donors (Lipinski definition) is 2. The Morgan fingerprint density at radius 1 is 0.750 bits per heavy atom. The monoisotopic (exact) mass is 752 g/mol. The lowest BCUT2D eigenvalue weighted by molar-refractivity contribution is 0.0708. The number of fused-ring (bicyclic) bond motifs is 4. The van der Waals surface area contributed by atoms with Gasteiger partial charge in [0, 0.05) is 86.5 Å². The van der Waals surface area contributed by atoms with Crippen LogP contribution in [0.25, 0.3) is 21.8 Å². The number of nitrogens with zero attached hydrogens (tertiary/aromatic N) is 6. The Morgan fingerprint density at radius 3 is 1.55 bits per heavy atom. The molecule has 56 heavy (non-hydrogen) atoms. The van der Waals surface area contributed by atoms with Crippen molar-refractivity contribution < 1.29 is 9.59 Å². The van der Waals surface area contributed by atoms with Crippen molar-refractivity contribution in [3.63, 3.8) is 0 Å². The number of hydrogen-bond acceptors (Lipinski definition) is 6. The van der Waals surface area contributed by atoms with E-state index in [4.69, 9.17) is 0 Å². The second kappa shape index (κ2) is 15.8. The Balaban J connectivity index is 0.000000172. The third-order valence-corrected chi connectivity index (χ3v) is 11.2. The van der Waals surface area contributed by atoms with Crippen LogP contribution < -0.4 is 11.1 Å². The van der Waals surface area contributed by atoms with Gasteiger partial charge in [0.2, 0.25) is 0 Å².